The second-order valence-corrected chi connectivity index (χ2v) is 7.22. The molecule has 0 amide bonds. The molecule has 0 unspecified atom stereocenters. The Morgan fingerprint density at radius 3 is 2.50 bits per heavy atom. The molecule has 0 saturated carbocycles. The summed E-state index contributed by atoms with van der Waals surface area (Å²) in [6.07, 6.45) is 1.16. The molecule has 0 saturated heterocycles. The topological polar surface area (TPSA) is 102 Å². The summed E-state index contributed by atoms with van der Waals surface area (Å²) in [7, 11) is -3.24. The highest BCUT2D eigenvalue weighted by Gasteiger charge is 2.11. The molecule has 7 nitrogen and oxygen atoms in total. The molecule has 0 atom stereocenters. The van der Waals surface area contributed by atoms with Crippen molar-refractivity contribution in [2.75, 3.05) is 6.26 Å². The Labute approximate surface area is 139 Å². The Hall–Kier alpha value is -3.05. The first kappa shape index (κ1) is 15.8. The molecule has 0 N–H and O–H groups in total. The van der Waals surface area contributed by atoms with Crippen LogP contribution in [-0.4, -0.2) is 34.9 Å². The third-order valence-electron chi connectivity index (χ3n) is 3.44. The van der Waals surface area contributed by atoms with Gasteiger partial charge in [0.1, 0.15) is 0 Å². The average Bonchev–Trinajstić information content (AvgIpc) is 3.03. The van der Waals surface area contributed by atoms with Crippen molar-refractivity contribution in [3.05, 3.63) is 59.7 Å². The molecule has 0 fully saturated rings. The zero-order valence-electron chi connectivity index (χ0n) is 12.8. The highest BCUT2D eigenvalue weighted by molar-refractivity contribution is 7.90. The predicted molar refractivity (Wildman–Crippen MR) is 86.6 cm³/mol. The van der Waals surface area contributed by atoms with Crippen LogP contribution >= 0.6 is 0 Å². The smallest absolute Gasteiger partial charge is 0.204 e. The van der Waals surface area contributed by atoms with E-state index in [0.29, 0.717) is 23.5 Å². The van der Waals surface area contributed by atoms with E-state index in [4.69, 9.17) is 5.26 Å². The summed E-state index contributed by atoms with van der Waals surface area (Å²) in [5, 5.41) is 21.3. The van der Waals surface area contributed by atoms with Gasteiger partial charge in [0.25, 0.3) is 0 Å². The third kappa shape index (κ3) is 3.31. The van der Waals surface area contributed by atoms with E-state index >= 15 is 0 Å². The molecule has 2 aromatic carbocycles. The summed E-state index contributed by atoms with van der Waals surface area (Å²) in [5.41, 5.74) is 2.03. The fourth-order valence-electron chi connectivity index (χ4n) is 2.20. The van der Waals surface area contributed by atoms with Crippen LogP contribution in [0.25, 0.3) is 11.4 Å². The summed E-state index contributed by atoms with van der Waals surface area (Å²) in [6.45, 7) is 0.332. The molecule has 1 heterocycles. The zero-order valence-corrected chi connectivity index (χ0v) is 13.6. The molecule has 0 aliphatic carbocycles. The lowest BCUT2D eigenvalue weighted by Gasteiger charge is -2.01. The first-order chi connectivity index (χ1) is 11.5. The third-order valence-corrected chi connectivity index (χ3v) is 4.57. The molecule has 0 spiro atoms. The Bertz CT molecular complexity index is 1020. The van der Waals surface area contributed by atoms with Gasteiger partial charge in [0.15, 0.2) is 9.84 Å². The van der Waals surface area contributed by atoms with Crippen molar-refractivity contribution in [2.24, 2.45) is 0 Å². The van der Waals surface area contributed by atoms with Crippen molar-refractivity contribution in [3.63, 3.8) is 0 Å². The Morgan fingerprint density at radius 2 is 1.83 bits per heavy atom. The number of hydrogen-bond donors (Lipinski definition) is 0. The Morgan fingerprint density at radius 1 is 1.12 bits per heavy atom. The van der Waals surface area contributed by atoms with Crippen LogP contribution in [0.1, 0.15) is 11.1 Å². The van der Waals surface area contributed by atoms with Gasteiger partial charge in [-0.05, 0) is 41.1 Å². The quantitative estimate of drug-likeness (QED) is 0.716. The molecule has 0 radical (unpaired) electrons. The first-order valence-electron chi connectivity index (χ1n) is 7.04. The van der Waals surface area contributed by atoms with Crippen molar-refractivity contribution in [1.82, 2.24) is 20.2 Å². The summed E-state index contributed by atoms with van der Waals surface area (Å²) in [6, 6.07) is 15.6. The fourth-order valence-corrected chi connectivity index (χ4v) is 2.83. The van der Waals surface area contributed by atoms with Gasteiger partial charge in [-0.3, -0.25) is 0 Å². The van der Waals surface area contributed by atoms with E-state index in [1.807, 2.05) is 12.1 Å². The van der Waals surface area contributed by atoms with Crippen LogP contribution in [0.15, 0.2) is 53.4 Å². The van der Waals surface area contributed by atoms with Crippen molar-refractivity contribution in [2.45, 2.75) is 11.4 Å². The highest BCUT2D eigenvalue weighted by atomic mass is 32.2. The second-order valence-electron chi connectivity index (χ2n) is 5.21. The van der Waals surface area contributed by atoms with Gasteiger partial charge >= 0.3 is 0 Å². The molecule has 120 valence electrons. The number of nitrogens with zero attached hydrogens (tertiary/aromatic N) is 5. The van der Waals surface area contributed by atoms with Gasteiger partial charge in [-0.25, -0.2) is 8.42 Å². The lowest BCUT2D eigenvalue weighted by molar-refractivity contribution is 0.572. The van der Waals surface area contributed by atoms with Crippen LogP contribution in [0.5, 0.6) is 0 Å². The van der Waals surface area contributed by atoms with E-state index in [1.54, 1.807) is 24.3 Å². The number of benzene rings is 2. The number of aromatic nitrogens is 4. The van der Waals surface area contributed by atoms with Crippen LogP contribution in [-0.2, 0) is 16.4 Å². The van der Waals surface area contributed by atoms with Gasteiger partial charge in [0.2, 0.25) is 5.82 Å². The van der Waals surface area contributed by atoms with Crippen molar-refractivity contribution in [1.29, 1.82) is 5.26 Å². The number of sulfone groups is 1. The van der Waals surface area contributed by atoms with E-state index in [0.717, 1.165) is 11.8 Å². The molecule has 0 bridgehead atoms. The van der Waals surface area contributed by atoms with E-state index in [-0.39, 0.29) is 4.90 Å². The molecular weight excluding hydrogens is 326 g/mol. The summed E-state index contributed by atoms with van der Waals surface area (Å²) in [5.74, 6) is 0.393. The number of rotatable bonds is 4. The Balaban J connectivity index is 1.85. The normalized spacial score (nSPS) is 11.2. The van der Waals surface area contributed by atoms with E-state index in [9.17, 15) is 8.42 Å². The molecule has 0 aliphatic rings. The van der Waals surface area contributed by atoms with E-state index in [1.165, 1.54) is 16.9 Å². The highest BCUT2D eigenvalue weighted by Crippen LogP contribution is 2.17. The zero-order chi connectivity index (χ0) is 17.2. The lowest BCUT2D eigenvalue weighted by atomic mass is 10.1. The SMILES string of the molecule is CS(=O)(=O)c1ccc(-c2nnn(Cc3ccccc3C#N)n2)cc1. The molecule has 1 aromatic heterocycles. The Kier molecular flexibility index (Phi) is 4.10. The number of tetrazole rings is 1. The minimum Gasteiger partial charge on any atom is -0.224 e. The van der Waals surface area contributed by atoms with Gasteiger partial charge in [-0.1, -0.05) is 18.2 Å². The number of hydrogen-bond acceptors (Lipinski definition) is 6. The molecule has 3 rings (SSSR count). The van der Waals surface area contributed by atoms with Gasteiger partial charge in [-0.15, -0.1) is 10.2 Å². The van der Waals surface area contributed by atoms with E-state index < -0.39 is 9.84 Å². The minimum atomic E-state index is -3.24. The standard InChI is InChI=1S/C16H13N5O2S/c1-24(22,23)15-8-6-12(7-9-15)16-18-20-21(19-16)11-14-5-3-2-4-13(14)10-17/h2-9H,11H2,1H3. The van der Waals surface area contributed by atoms with Crippen LogP contribution < -0.4 is 0 Å². The molecule has 24 heavy (non-hydrogen) atoms. The van der Waals surface area contributed by atoms with Crippen LogP contribution in [0, 0.1) is 11.3 Å². The maximum absolute atomic E-state index is 11.5. The van der Waals surface area contributed by atoms with Gasteiger partial charge in [0, 0.05) is 11.8 Å². The van der Waals surface area contributed by atoms with Gasteiger partial charge in [-0.2, -0.15) is 10.1 Å². The molecular formula is C16H13N5O2S. The van der Waals surface area contributed by atoms with Crippen LogP contribution in [0.2, 0.25) is 0 Å². The lowest BCUT2D eigenvalue weighted by Crippen LogP contribution is -2.05. The molecule has 8 heteroatoms. The van der Waals surface area contributed by atoms with Gasteiger partial charge in [0.05, 0.1) is 23.1 Å². The molecule has 0 aliphatic heterocycles. The van der Waals surface area contributed by atoms with Crippen molar-refractivity contribution < 1.29 is 8.42 Å². The maximum Gasteiger partial charge on any atom is 0.204 e. The largest absolute Gasteiger partial charge is 0.224 e. The van der Waals surface area contributed by atoms with Crippen molar-refractivity contribution in [3.8, 4) is 17.5 Å². The monoisotopic (exact) mass is 339 g/mol. The average molecular weight is 339 g/mol. The maximum atomic E-state index is 11.5. The summed E-state index contributed by atoms with van der Waals surface area (Å²) < 4.78 is 22.9. The van der Waals surface area contributed by atoms with E-state index in [2.05, 4.69) is 21.5 Å². The minimum absolute atomic E-state index is 0.238. The summed E-state index contributed by atoms with van der Waals surface area (Å²) in [4.78, 5) is 1.64. The van der Waals surface area contributed by atoms with Crippen molar-refractivity contribution >= 4 is 9.84 Å². The first-order valence-corrected chi connectivity index (χ1v) is 8.93. The summed E-state index contributed by atoms with van der Waals surface area (Å²) >= 11 is 0. The van der Waals surface area contributed by atoms with Crippen LogP contribution in [0.4, 0.5) is 0 Å². The van der Waals surface area contributed by atoms with Gasteiger partial charge < -0.3 is 0 Å². The second kappa shape index (κ2) is 6.22. The fraction of sp³-hybridized carbons (Fsp3) is 0.125. The molecule has 3 aromatic rings. The number of nitriles is 1. The van der Waals surface area contributed by atoms with Crippen LogP contribution in [0.3, 0.4) is 0 Å². The predicted octanol–water partition coefficient (Wildman–Crippen LogP) is 1.66.